The highest BCUT2D eigenvalue weighted by Gasteiger charge is 2.15. The van der Waals surface area contributed by atoms with Gasteiger partial charge in [0, 0.05) is 34.0 Å². The number of hydrogen-bond acceptors (Lipinski definition) is 4. The van der Waals surface area contributed by atoms with Gasteiger partial charge in [-0.05, 0) is 61.0 Å². The van der Waals surface area contributed by atoms with Gasteiger partial charge in [0.15, 0.2) is 0 Å². The quantitative estimate of drug-likeness (QED) is 0.295. The summed E-state index contributed by atoms with van der Waals surface area (Å²) in [5.74, 6) is -0.911. The first kappa shape index (κ1) is 20.2. The maximum Gasteiger partial charge on any atom is 0.329 e. The van der Waals surface area contributed by atoms with Crippen molar-refractivity contribution < 1.29 is 14.3 Å². The number of nitrogens with one attached hydrogen (secondary N) is 2. The lowest BCUT2D eigenvalue weighted by Gasteiger charge is -2.06. The molecule has 2 amide bonds. The number of methoxy groups -OCH3 is 1. The SMILES string of the molecule is CCn1c2ccccc2c2cc(NC(=O)C(=O)NN=Cc3ccc(OC)cc3)ccc21. The molecule has 31 heavy (non-hydrogen) atoms. The Labute approximate surface area is 179 Å². The van der Waals surface area contributed by atoms with E-state index in [1.165, 1.54) is 6.21 Å². The van der Waals surface area contributed by atoms with Gasteiger partial charge in [0.2, 0.25) is 0 Å². The van der Waals surface area contributed by atoms with Crippen LogP contribution < -0.4 is 15.5 Å². The van der Waals surface area contributed by atoms with E-state index >= 15 is 0 Å². The molecule has 0 saturated carbocycles. The number of carbonyl (C=O) groups excluding carboxylic acids is 2. The Morgan fingerprint density at radius 2 is 1.71 bits per heavy atom. The van der Waals surface area contributed by atoms with Crippen LogP contribution in [-0.2, 0) is 16.1 Å². The minimum absolute atomic E-state index is 0.547. The molecule has 0 fully saturated rings. The van der Waals surface area contributed by atoms with E-state index in [9.17, 15) is 9.59 Å². The zero-order chi connectivity index (χ0) is 21.8. The Balaban J connectivity index is 1.46. The van der Waals surface area contributed by atoms with Gasteiger partial charge in [0.1, 0.15) is 5.75 Å². The third kappa shape index (κ3) is 4.11. The van der Waals surface area contributed by atoms with Gasteiger partial charge in [0.25, 0.3) is 0 Å². The molecule has 0 aliphatic rings. The van der Waals surface area contributed by atoms with Crippen molar-refractivity contribution in [1.82, 2.24) is 9.99 Å². The maximum atomic E-state index is 12.3. The Kier molecular flexibility index (Phi) is 5.66. The summed E-state index contributed by atoms with van der Waals surface area (Å²) in [7, 11) is 1.58. The lowest BCUT2D eigenvalue weighted by Crippen LogP contribution is -2.32. The van der Waals surface area contributed by atoms with Gasteiger partial charge in [-0.3, -0.25) is 9.59 Å². The van der Waals surface area contributed by atoms with E-state index in [-0.39, 0.29) is 0 Å². The second kappa shape index (κ2) is 8.71. The molecule has 4 aromatic rings. The number of para-hydroxylation sites is 1. The smallest absolute Gasteiger partial charge is 0.329 e. The number of hydrogen-bond donors (Lipinski definition) is 2. The number of ether oxygens (including phenoxy) is 1. The van der Waals surface area contributed by atoms with E-state index in [4.69, 9.17) is 4.74 Å². The van der Waals surface area contributed by atoms with Crippen LogP contribution in [-0.4, -0.2) is 29.7 Å². The van der Waals surface area contributed by atoms with E-state index < -0.39 is 11.8 Å². The molecule has 7 heteroatoms. The molecule has 3 aromatic carbocycles. The Hall–Kier alpha value is -4.13. The second-order valence-corrected chi connectivity index (χ2v) is 6.92. The summed E-state index contributed by atoms with van der Waals surface area (Å²) >= 11 is 0. The summed E-state index contributed by atoms with van der Waals surface area (Å²) in [5.41, 5.74) is 5.77. The highest BCUT2D eigenvalue weighted by Crippen LogP contribution is 2.30. The second-order valence-electron chi connectivity index (χ2n) is 6.92. The van der Waals surface area contributed by atoms with Gasteiger partial charge < -0.3 is 14.6 Å². The summed E-state index contributed by atoms with van der Waals surface area (Å²) in [6.07, 6.45) is 1.45. The van der Waals surface area contributed by atoms with Crippen LogP contribution in [0.1, 0.15) is 12.5 Å². The van der Waals surface area contributed by atoms with Crippen LogP contribution in [0.5, 0.6) is 5.75 Å². The van der Waals surface area contributed by atoms with E-state index in [0.717, 1.165) is 39.7 Å². The van der Waals surface area contributed by atoms with Crippen molar-refractivity contribution in [2.75, 3.05) is 12.4 Å². The minimum Gasteiger partial charge on any atom is -0.497 e. The summed E-state index contributed by atoms with van der Waals surface area (Å²) in [6, 6.07) is 20.9. The van der Waals surface area contributed by atoms with E-state index in [2.05, 4.69) is 39.5 Å². The van der Waals surface area contributed by atoms with Crippen LogP contribution in [0.25, 0.3) is 21.8 Å². The van der Waals surface area contributed by atoms with Gasteiger partial charge >= 0.3 is 11.8 Å². The minimum atomic E-state index is -0.846. The Morgan fingerprint density at radius 3 is 2.45 bits per heavy atom. The van der Waals surface area contributed by atoms with Crippen molar-refractivity contribution in [3.05, 3.63) is 72.3 Å². The topological polar surface area (TPSA) is 84.7 Å². The van der Waals surface area contributed by atoms with Gasteiger partial charge in [-0.25, -0.2) is 5.43 Å². The molecule has 0 saturated heterocycles. The average molecular weight is 414 g/mol. The lowest BCUT2D eigenvalue weighted by atomic mass is 10.1. The molecule has 1 aromatic heterocycles. The Bertz CT molecular complexity index is 1290. The molecule has 7 nitrogen and oxygen atoms in total. The van der Waals surface area contributed by atoms with Crippen molar-refractivity contribution in [2.24, 2.45) is 5.10 Å². The standard InChI is InChI=1S/C24H22N4O3/c1-3-28-21-7-5-4-6-19(21)20-14-17(10-13-22(20)28)26-23(29)24(30)27-25-15-16-8-11-18(31-2)12-9-16/h4-15H,3H2,1-2H3,(H,26,29)(H,27,30). The molecule has 4 rings (SSSR count). The summed E-state index contributed by atoms with van der Waals surface area (Å²) in [5, 5.41) is 8.60. The number of anilines is 1. The molecule has 0 spiro atoms. The molecule has 0 aliphatic heterocycles. The van der Waals surface area contributed by atoms with Crippen LogP contribution in [0.15, 0.2) is 71.8 Å². The van der Waals surface area contributed by atoms with Crippen LogP contribution in [0.4, 0.5) is 5.69 Å². The molecule has 0 unspecified atom stereocenters. The number of amides is 2. The average Bonchev–Trinajstić information content (AvgIpc) is 3.12. The summed E-state index contributed by atoms with van der Waals surface area (Å²) in [4.78, 5) is 24.4. The van der Waals surface area contributed by atoms with Crippen molar-refractivity contribution in [2.45, 2.75) is 13.5 Å². The first-order valence-electron chi connectivity index (χ1n) is 9.90. The number of hydrazone groups is 1. The molecule has 1 heterocycles. The van der Waals surface area contributed by atoms with Gasteiger partial charge in [-0.15, -0.1) is 0 Å². The fourth-order valence-electron chi connectivity index (χ4n) is 3.57. The highest BCUT2D eigenvalue weighted by molar-refractivity contribution is 6.39. The number of fused-ring (bicyclic) bond motifs is 3. The zero-order valence-corrected chi connectivity index (χ0v) is 17.3. The van der Waals surface area contributed by atoms with E-state index in [1.54, 1.807) is 37.4 Å². The normalized spacial score (nSPS) is 11.2. The zero-order valence-electron chi connectivity index (χ0n) is 17.3. The maximum absolute atomic E-state index is 12.3. The molecular weight excluding hydrogens is 392 g/mol. The van der Waals surface area contributed by atoms with Crippen molar-refractivity contribution in [1.29, 1.82) is 0 Å². The highest BCUT2D eigenvalue weighted by atomic mass is 16.5. The molecular formula is C24H22N4O3. The summed E-state index contributed by atoms with van der Waals surface area (Å²) < 4.78 is 7.31. The summed E-state index contributed by atoms with van der Waals surface area (Å²) in [6.45, 7) is 2.93. The fraction of sp³-hybridized carbons (Fsp3) is 0.125. The number of aromatic nitrogens is 1. The predicted octanol–water partition coefficient (Wildman–Crippen LogP) is 3.91. The van der Waals surface area contributed by atoms with Crippen molar-refractivity contribution in [3.63, 3.8) is 0 Å². The molecule has 156 valence electrons. The molecule has 0 bridgehead atoms. The lowest BCUT2D eigenvalue weighted by molar-refractivity contribution is -0.136. The van der Waals surface area contributed by atoms with Crippen LogP contribution in [0.3, 0.4) is 0 Å². The van der Waals surface area contributed by atoms with Crippen molar-refractivity contribution >= 4 is 45.5 Å². The van der Waals surface area contributed by atoms with Crippen LogP contribution in [0.2, 0.25) is 0 Å². The molecule has 2 N–H and O–H groups in total. The molecule has 0 atom stereocenters. The fourth-order valence-corrected chi connectivity index (χ4v) is 3.57. The monoisotopic (exact) mass is 414 g/mol. The third-order valence-corrected chi connectivity index (χ3v) is 5.05. The number of aryl methyl sites for hydroxylation is 1. The van der Waals surface area contributed by atoms with Crippen LogP contribution >= 0.6 is 0 Å². The number of carbonyl (C=O) groups is 2. The first-order valence-corrected chi connectivity index (χ1v) is 9.90. The molecule has 0 aliphatic carbocycles. The predicted molar refractivity (Wildman–Crippen MR) is 122 cm³/mol. The Morgan fingerprint density at radius 1 is 0.968 bits per heavy atom. The number of rotatable bonds is 5. The largest absolute Gasteiger partial charge is 0.497 e. The van der Waals surface area contributed by atoms with Crippen LogP contribution in [0, 0.1) is 0 Å². The van der Waals surface area contributed by atoms with Crippen molar-refractivity contribution in [3.8, 4) is 5.75 Å². The number of benzene rings is 3. The first-order chi connectivity index (χ1) is 15.1. The van der Waals surface area contributed by atoms with Gasteiger partial charge in [-0.2, -0.15) is 5.10 Å². The number of nitrogens with zero attached hydrogens (tertiary/aromatic N) is 2. The third-order valence-electron chi connectivity index (χ3n) is 5.05. The van der Waals surface area contributed by atoms with E-state index in [1.807, 2.05) is 24.3 Å². The molecule has 0 radical (unpaired) electrons. The van der Waals surface area contributed by atoms with Gasteiger partial charge in [-0.1, -0.05) is 18.2 Å². The van der Waals surface area contributed by atoms with Gasteiger partial charge in [0.05, 0.1) is 13.3 Å². The van der Waals surface area contributed by atoms with E-state index in [0.29, 0.717) is 5.69 Å².